The topological polar surface area (TPSA) is 20.2 Å². The highest BCUT2D eigenvalue weighted by Crippen LogP contribution is 2.32. The van der Waals surface area contributed by atoms with Crippen molar-refractivity contribution in [1.82, 2.24) is 0 Å². The molecule has 1 nitrogen and oxygen atoms in total. The molecular weight excluding hydrogens is 279 g/mol. The second-order valence-electron chi connectivity index (χ2n) is 4.53. The highest BCUT2D eigenvalue weighted by atomic mass is 35.5. The maximum atomic E-state index is 10.2. The van der Waals surface area contributed by atoms with Gasteiger partial charge in [-0.3, -0.25) is 0 Å². The van der Waals surface area contributed by atoms with Crippen molar-refractivity contribution in [2.24, 2.45) is 0 Å². The Bertz CT molecular complexity index is 505. The summed E-state index contributed by atoms with van der Waals surface area (Å²) in [5.74, 6) is 0. The summed E-state index contributed by atoms with van der Waals surface area (Å²) in [6.45, 7) is 0. The number of halogens is 2. The van der Waals surface area contributed by atoms with E-state index in [2.05, 4.69) is 12.1 Å². The minimum absolute atomic E-state index is 0.528. The first-order valence-corrected chi connectivity index (χ1v) is 7.10. The van der Waals surface area contributed by atoms with Gasteiger partial charge in [-0.05, 0) is 37.0 Å². The monoisotopic (exact) mass is 294 g/mol. The molecule has 0 heterocycles. The Morgan fingerprint density at radius 3 is 2.16 bits per heavy atom. The average molecular weight is 295 g/mol. The van der Waals surface area contributed by atoms with Crippen LogP contribution in [0.4, 0.5) is 0 Å². The van der Waals surface area contributed by atoms with Crippen LogP contribution in [0.25, 0.3) is 0 Å². The van der Waals surface area contributed by atoms with Crippen LogP contribution in [0.15, 0.2) is 48.5 Å². The van der Waals surface area contributed by atoms with Gasteiger partial charge in [0.05, 0.1) is 6.10 Å². The summed E-state index contributed by atoms with van der Waals surface area (Å²) in [5.41, 5.74) is 1.92. The fourth-order valence-corrected chi connectivity index (χ4v) is 2.77. The standard InChI is InChI=1S/C16H16Cl2O/c17-13-9-5-10-14(18)16(13)15(19)11-4-8-12-6-2-1-3-7-12/h1-3,5-7,9-10,15,19H,4,8,11H2. The van der Waals surface area contributed by atoms with Crippen molar-refractivity contribution < 1.29 is 5.11 Å². The van der Waals surface area contributed by atoms with Gasteiger partial charge in [-0.25, -0.2) is 0 Å². The molecule has 19 heavy (non-hydrogen) atoms. The maximum Gasteiger partial charge on any atom is 0.0819 e. The lowest BCUT2D eigenvalue weighted by Crippen LogP contribution is -2.00. The van der Waals surface area contributed by atoms with E-state index in [0.717, 1.165) is 12.8 Å². The van der Waals surface area contributed by atoms with Gasteiger partial charge >= 0.3 is 0 Å². The number of aryl methyl sites for hydroxylation is 1. The molecule has 0 aliphatic rings. The van der Waals surface area contributed by atoms with Crippen molar-refractivity contribution in [3.8, 4) is 0 Å². The van der Waals surface area contributed by atoms with E-state index in [0.29, 0.717) is 22.0 Å². The van der Waals surface area contributed by atoms with E-state index in [4.69, 9.17) is 23.2 Å². The first kappa shape index (κ1) is 14.4. The summed E-state index contributed by atoms with van der Waals surface area (Å²) in [5, 5.41) is 11.2. The van der Waals surface area contributed by atoms with Gasteiger partial charge in [0, 0.05) is 15.6 Å². The number of aliphatic hydroxyl groups is 1. The molecule has 100 valence electrons. The van der Waals surface area contributed by atoms with Gasteiger partial charge in [-0.15, -0.1) is 0 Å². The quantitative estimate of drug-likeness (QED) is 0.818. The molecule has 0 saturated heterocycles. The smallest absolute Gasteiger partial charge is 0.0819 e. The Balaban J connectivity index is 1.93. The van der Waals surface area contributed by atoms with E-state index in [-0.39, 0.29) is 0 Å². The van der Waals surface area contributed by atoms with Gasteiger partial charge in [-0.1, -0.05) is 59.6 Å². The van der Waals surface area contributed by atoms with Gasteiger partial charge in [0.1, 0.15) is 0 Å². The van der Waals surface area contributed by atoms with Crippen LogP contribution in [0.5, 0.6) is 0 Å². The van der Waals surface area contributed by atoms with E-state index in [9.17, 15) is 5.11 Å². The van der Waals surface area contributed by atoms with Crippen molar-refractivity contribution in [1.29, 1.82) is 0 Å². The van der Waals surface area contributed by atoms with E-state index in [1.807, 2.05) is 18.2 Å². The van der Waals surface area contributed by atoms with Crippen LogP contribution in [-0.4, -0.2) is 5.11 Å². The zero-order chi connectivity index (χ0) is 13.7. The Morgan fingerprint density at radius 2 is 1.53 bits per heavy atom. The Morgan fingerprint density at radius 1 is 0.895 bits per heavy atom. The first-order valence-electron chi connectivity index (χ1n) is 6.34. The minimum atomic E-state index is -0.607. The zero-order valence-electron chi connectivity index (χ0n) is 10.5. The average Bonchev–Trinajstić information content (AvgIpc) is 2.40. The SMILES string of the molecule is OC(CCCc1ccccc1)c1c(Cl)cccc1Cl. The molecule has 0 radical (unpaired) electrons. The van der Waals surface area contributed by atoms with Crippen LogP contribution in [0, 0.1) is 0 Å². The van der Waals surface area contributed by atoms with Crippen LogP contribution < -0.4 is 0 Å². The van der Waals surface area contributed by atoms with Gasteiger partial charge in [0.15, 0.2) is 0 Å². The molecule has 0 saturated carbocycles. The van der Waals surface area contributed by atoms with Crippen LogP contribution in [-0.2, 0) is 6.42 Å². The fourth-order valence-electron chi connectivity index (χ4n) is 2.12. The molecule has 2 aromatic rings. The predicted octanol–water partition coefficient (Wildman–Crippen LogP) is 5.05. The van der Waals surface area contributed by atoms with E-state index >= 15 is 0 Å². The number of hydrogen-bond donors (Lipinski definition) is 1. The van der Waals surface area contributed by atoms with Crippen molar-refractivity contribution in [3.05, 3.63) is 69.7 Å². The lowest BCUT2D eigenvalue weighted by molar-refractivity contribution is 0.165. The molecular formula is C16H16Cl2O. The van der Waals surface area contributed by atoms with E-state index in [1.165, 1.54) is 5.56 Å². The molecule has 1 unspecified atom stereocenters. The number of aliphatic hydroxyl groups excluding tert-OH is 1. The molecule has 0 amide bonds. The Hall–Kier alpha value is -1.02. The molecule has 0 aromatic heterocycles. The van der Waals surface area contributed by atoms with Crippen molar-refractivity contribution in [2.45, 2.75) is 25.4 Å². The van der Waals surface area contributed by atoms with Gasteiger partial charge in [0.2, 0.25) is 0 Å². The number of rotatable bonds is 5. The summed E-state index contributed by atoms with van der Waals surface area (Å²) < 4.78 is 0. The summed E-state index contributed by atoms with van der Waals surface area (Å²) >= 11 is 12.2. The van der Waals surface area contributed by atoms with Gasteiger partial charge in [0.25, 0.3) is 0 Å². The third kappa shape index (κ3) is 3.97. The zero-order valence-corrected chi connectivity index (χ0v) is 12.0. The molecule has 0 aliphatic heterocycles. The van der Waals surface area contributed by atoms with Crippen LogP contribution in [0.1, 0.15) is 30.1 Å². The lowest BCUT2D eigenvalue weighted by atomic mass is 10.0. The Kier molecular flexibility index (Phi) is 5.26. The molecule has 2 rings (SSSR count). The largest absolute Gasteiger partial charge is 0.388 e. The summed E-state index contributed by atoms with van der Waals surface area (Å²) in [7, 11) is 0. The molecule has 0 fully saturated rings. The van der Waals surface area contributed by atoms with Crippen LogP contribution in [0.2, 0.25) is 10.0 Å². The second-order valence-corrected chi connectivity index (χ2v) is 5.34. The van der Waals surface area contributed by atoms with Crippen LogP contribution in [0.3, 0.4) is 0 Å². The van der Waals surface area contributed by atoms with Crippen molar-refractivity contribution in [2.75, 3.05) is 0 Å². The third-order valence-electron chi connectivity index (χ3n) is 3.12. The van der Waals surface area contributed by atoms with E-state index < -0.39 is 6.10 Å². The number of benzene rings is 2. The van der Waals surface area contributed by atoms with Crippen molar-refractivity contribution in [3.63, 3.8) is 0 Å². The molecule has 0 spiro atoms. The van der Waals surface area contributed by atoms with Crippen LogP contribution >= 0.6 is 23.2 Å². The van der Waals surface area contributed by atoms with Gasteiger partial charge < -0.3 is 5.11 Å². The molecule has 3 heteroatoms. The lowest BCUT2D eigenvalue weighted by Gasteiger charge is -2.14. The third-order valence-corrected chi connectivity index (χ3v) is 3.78. The van der Waals surface area contributed by atoms with Crippen molar-refractivity contribution >= 4 is 23.2 Å². The molecule has 0 aliphatic carbocycles. The molecule has 1 N–H and O–H groups in total. The molecule has 2 aromatic carbocycles. The Labute approximate surface area is 123 Å². The normalized spacial score (nSPS) is 12.4. The van der Waals surface area contributed by atoms with E-state index in [1.54, 1.807) is 18.2 Å². The summed E-state index contributed by atoms with van der Waals surface area (Å²) in [4.78, 5) is 0. The number of hydrogen-bond acceptors (Lipinski definition) is 1. The maximum absolute atomic E-state index is 10.2. The summed E-state index contributed by atoms with van der Waals surface area (Å²) in [6.07, 6.45) is 1.88. The minimum Gasteiger partial charge on any atom is -0.388 e. The molecule has 0 bridgehead atoms. The summed E-state index contributed by atoms with van der Waals surface area (Å²) in [6, 6.07) is 15.5. The predicted molar refractivity (Wildman–Crippen MR) is 80.8 cm³/mol. The van der Waals surface area contributed by atoms with Gasteiger partial charge in [-0.2, -0.15) is 0 Å². The fraction of sp³-hybridized carbons (Fsp3) is 0.250. The molecule has 1 atom stereocenters. The highest BCUT2D eigenvalue weighted by Gasteiger charge is 2.14. The second kappa shape index (κ2) is 6.95. The highest BCUT2D eigenvalue weighted by molar-refractivity contribution is 6.36. The first-order chi connectivity index (χ1) is 9.18.